The molecule has 0 aliphatic carbocycles. The lowest BCUT2D eigenvalue weighted by Crippen LogP contribution is -2.18. The number of nitrogens with one attached hydrogen (secondary N) is 1. The summed E-state index contributed by atoms with van der Waals surface area (Å²) in [6, 6.07) is 0. The normalized spacial score (nSPS) is 11.6. The summed E-state index contributed by atoms with van der Waals surface area (Å²) in [5, 5.41) is 16.3. The molecule has 2 aromatic rings. The van der Waals surface area contributed by atoms with E-state index < -0.39 is 0 Å². The van der Waals surface area contributed by atoms with E-state index in [1.54, 1.807) is 10.9 Å². The van der Waals surface area contributed by atoms with E-state index in [2.05, 4.69) is 41.4 Å². The average molecular weight is 279 g/mol. The van der Waals surface area contributed by atoms with Gasteiger partial charge in [0.1, 0.15) is 11.6 Å². The number of hydrogen-bond donors (Lipinski definition) is 1. The zero-order chi connectivity index (χ0) is 14.0. The summed E-state index contributed by atoms with van der Waals surface area (Å²) < 4.78 is 1.59. The van der Waals surface area contributed by atoms with E-state index in [1.165, 1.54) is 11.3 Å². The van der Waals surface area contributed by atoms with Gasteiger partial charge in [-0.15, -0.1) is 10.2 Å². The van der Waals surface area contributed by atoms with Crippen LogP contribution in [0.15, 0.2) is 12.4 Å². The highest BCUT2D eigenvalue weighted by Gasteiger charge is 2.20. The first-order valence-electron chi connectivity index (χ1n) is 5.97. The molecular formula is C12H17N5OS. The van der Waals surface area contributed by atoms with Gasteiger partial charge in [-0.3, -0.25) is 14.8 Å². The number of amides is 1. The van der Waals surface area contributed by atoms with Crippen molar-refractivity contribution in [3.63, 3.8) is 0 Å². The first-order valence-corrected chi connectivity index (χ1v) is 6.79. The highest BCUT2D eigenvalue weighted by Crippen LogP contribution is 2.27. The molecule has 102 valence electrons. The summed E-state index contributed by atoms with van der Waals surface area (Å²) in [6.07, 6.45) is 3.54. The van der Waals surface area contributed by atoms with Crippen LogP contribution in [0.4, 0.5) is 5.13 Å². The lowest BCUT2D eigenvalue weighted by atomic mass is 9.98. The Morgan fingerprint density at radius 3 is 2.68 bits per heavy atom. The number of carbonyl (C=O) groups is 1. The molecule has 0 aromatic carbocycles. The van der Waals surface area contributed by atoms with Crippen LogP contribution in [0.25, 0.3) is 0 Å². The van der Waals surface area contributed by atoms with Crippen LogP contribution in [0.5, 0.6) is 0 Å². The molecule has 2 rings (SSSR count). The monoisotopic (exact) mass is 279 g/mol. The summed E-state index contributed by atoms with van der Waals surface area (Å²) in [4.78, 5) is 11.8. The maximum atomic E-state index is 11.8. The molecular weight excluding hydrogens is 262 g/mol. The van der Waals surface area contributed by atoms with Crippen LogP contribution in [0, 0.1) is 6.92 Å². The Morgan fingerprint density at radius 2 is 2.16 bits per heavy atom. The summed E-state index contributed by atoms with van der Waals surface area (Å²) in [7, 11) is 0. The molecule has 1 amide bonds. The van der Waals surface area contributed by atoms with E-state index >= 15 is 0 Å². The number of rotatable bonds is 3. The molecule has 1 N–H and O–H groups in total. The van der Waals surface area contributed by atoms with Gasteiger partial charge in [-0.05, 0) is 12.5 Å². The molecule has 0 unspecified atom stereocenters. The van der Waals surface area contributed by atoms with Gasteiger partial charge in [-0.2, -0.15) is 5.10 Å². The fourth-order valence-electron chi connectivity index (χ4n) is 1.44. The topological polar surface area (TPSA) is 72.7 Å². The smallest absolute Gasteiger partial charge is 0.247 e. The van der Waals surface area contributed by atoms with Crippen LogP contribution in [-0.2, 0) is 16.8 Å². The zero-order valence-corrected chi connectivity index (χ0v) is 12.3. The summed E-state index contributed by atoms with van der Waals surface area (Å²) in [5.74, 6) is -0.153. The van der Waals surface area contributed by atoms with Gasteiger partial charge in [-0.25, -0.2) is 0 Å². The predicted octanol–water partition coefficient (Wildman–Crippen LogP) is 1.98. The summed E-state index contributed by atoms with van der Waals surface area (Å²) in [6.45, 7) is 8.29. The average Bonchev–Trinajstić information content (AvgIpc) is 2.87. The van der Waals surface area contributed by atoms with Gasteiger partial charge in [0.15, 0.2) is 0 Å². The number of anilines is 1. The first kappa shape index (κ1) is 13.7. The van der Waals surface area contributed by atoms with Gasteiger partial charge in [-0.1, -0.05) is 32.1 Å². The number of nitrogens with zero attached hydrogens (tertiary/aromatic N) is 4. The zero-order valence-electron chi connectivity index (χ0n) is 11.5. The molecule has 0 saturated carbocycles. The van der Waals surface area contributed by atoms with Gasteiger partial charge in [0, 0.05) is 11.6 Å². The third-order valence-electron chi connectivity index (χ3n) is 2.38. The second-order valence-electron chi connectivity index (χ2n) is 5.43. The van der Waals surface area contributed by atoms with E-state index in [9.17, 15) is 4.79 Å². The van der Waals surface area contributed by atoms with Gasteiger partial charge < -0.3 is 0 Å². The van der Waals surface area contributed by atoms with Gasteiger partial charge in [0.05, 0.1) is 6.20 Å². The summed E-state index contributed by atoms with van der Waals surface area (Å²) in [5.41, 5.74) is 0.971. The molecule has 6 nitrogen and oxygen atoms in total. The SMILES string of the molecule is Cc1cnn(CC(=O)Nc2nnc(C(C)(C)C)s2)c1. The number of aromatic nitrogens is 4. The van der Waals surface area contributed by atoms with Crippen molar-refractivity contribution in [1.82, 2.24) is 20.0 Å². The van der Waals surface area contributed by atoms with Gasteiger partial charge >= 0.3 is 0 Å². The Morgan fingerprint density at radius 1 is 1.42 bits per heavy atom. The van der Waals surface area contributed by atoms with E-state index in [0.29, 0.717) is 5.13 Å². The molecule has 0 bridgehead atoms. The van der Waals surface area contributed by atoms with Crippen LogP contribution in [0.1, 0.15) is 31.3 Å². The molecule has 7 heteroatoms. The van der Waals surface area contributed by atoms with Gasteiger partial charge in [0.25, 0.3) is 0 Å². The van der Waals surface area contributed by atoms with Crippen molar-refractivity contribution in [2.75, 3.05) is 5.32 Å². The number of carbonyl (C=O) groups excluding carboxylic acids is 1. The van der Waals surface area contributed by atoms with Crippen molar-refractivity contribution >= 4 is 22.4 Å². The Kier molecular flexibility index (Phi) is 3.66. The second kappa shape index (κ2) is 5.08. The fraction of sp³-hybridized carbons (Fsp3) is 0.500. The van der Waals surface area contributed by atoms with Crippen LogP contribution in [-0.4, -0.2) is 25.9 Å². The Hall–Kier alpha value is -1.76. The van der Waals surface area contributed by atoms with E-state index in [1.807, 2.05) is 13.1 Å². The molecule has 19 heavy (non-hydrogen) atoms. The number of hydrogen-bond acceptors (Lipinski definition) is 5. The Labute approximate surface area is 115 Å². The molecule has 0 spiro atoms. The van der Waals surface area contributed by atoms with E-state index in [0.717, 1.165) is 10.6 Å². The minimum Gasteiger partial charge on any atom is -0.299 e. The highest BCUT2D eigenvalue weighted by atomic mass is 32.1. The molecule has 0 saturated heterocycles. The summed E-state index contributed by atoms with van der Waals surface area (Å²) >= 11 is 1.40. The van der Waals surface area contributed by atoms with Crippen molar-refractivity contribution < 1.29 is 4.79 Å². The van der Waals surface area contributed by atoms with Crippen LogP contribution in [0.3, 0.4) is 0 Å². The quantitative estimate of drug-likeness (QED) is 0.932. The Bertz CT molecular complexity index is 581. The predicted molar refractivity (Wildman–Crippen MR) is 74.2 cm³/mol. The first-order chi connectivity index (χ1) is 8.84. The molecule has 0 atom stereocenters. The lowest BCUT2D eigenvalue weighted by molar-refractivity contribution is -0.116. The Balaban J connectivity index is 1.97. The maximum absolute atomic E-state index is 11.8. The molecule has 2 heterocycles. The molecule has 2 aromatic heterocycles. The van der Waals surface area contributed by atoms with Crippen molar-refractivity contribution in [2.24, 2.45) is 0 Å². The third kappa shape index (κ3) is 3.60. The van der Waals surface area contributed by atoms with Gasteiger partial charge in [0.2, 0.25) is 11.0 Å². The molecule has 0 aliphatic rings. The number of aryl methyl sites for hydroxylation is 1. The maximum Gasteiger partial charge on any atom is 0.247 e. The standard InChI is InChI=1S/C12H17N5OS/c1-8-5-13-17(6-8)7-9(18)14-11-16-15-10(19-11)12(2,3)4/h5-6H,7H2,1-4H3,(H,14,16,18). The minimum absolute atomic E-state index is 0.0558. The highest BCUT2D eigenvalue weighted by molar-refractivity contribution is 7.15. The van der Waals surface area contributed by atoms with Crippen molar-refractivity contribution in [3.05, 3.63) is 23.0 Å². The van der Waals surface area contributed by atoms with Crippen LogP contribution < -0.4 is 5.32 Å². The lowest BCUT2D eigenvalue weighted by Gasteiger charge is -2.12. The molecule has 0 fully saturated rings. The van der Waals surface area contributed by atoms with Crippen LogP contribution >= 0.6 is 11.3 Å². The van der Waals surface area contributed by atoms with Crippen LogP contribution in [0.2, 0.25) is 0 Å². The van der Waals surface area contributed by atoms with Crippen molar-refractivity contribution in [3.8, 4) is 0 Å². The fourth-order valence-corrected chi connectivity index (χ4v) is 2.25. The van der Waals surface area contributed by atoms with E-state index in [4.69, 9.17) is 0 Å². The molecule has 0 radical (unpaired) electrons. The molecule has 0 aliphatic heterocycles. The minimum atomic E-state index is -0.153. The third-order valence-corrected chi connectivity index (χ3v) is 3.65. The van der Waals surface area contributed by atoms with E-state index in [-0.39, 0.29) is 17.9 Å². The second-order valence-corrected chi connectivity index (χ2v) is 6.40. The van der Waals surface area contributed by atoms with Crippen molar-refractivity contribution in [2.45, 2.75) is 39.7 Å². The van der Waals surface area contributed by atoms with Crippen molar-refractivity contribution in [1.29, 1.82) is 0 Å². The largest absolute Gasteiger partial charge is 0.299 e.